The third-order valence-electron chi connectivity index (χ3n) is 2.31. The molecule has 86 valence electrons. The standard InChI is InChI=1S/C11H13BrN2OS/c1-7(10(15)14-8-4-5-8)16-11-9(12)3-2-6-13-11/h2-3,6-8H,4-5H2,1H3,(H,14,15)/t7-/m1/s1. The van der Waals surface area contributed by atoms with Crippen LogP contribution in [-0.4, -0.2) is 22.2 Å². The molecule has 1 aromatic heterocycles. The predicted octanol–water partition coefficient (Wildman–Crippen LogP) is 2.60. The number of nitrogens with one attached hydrogen (secondary N) is 1. The maximum Gasteiger partial charge on any atom is 0.233 e. The molecule has 1 amide bonds. The van der Waals surface area contributed by atoms with E-state index in [1.807, 2.05) is 19.1 Å². The average Bonchev–Trinajstić information content (AvgIpc) is 3.05. The Bertz CT molecular complexity index is 395. The van der Waals surface area contributed by atoms with Gasteiger partial charge in [-0.2, -0.15) is 0 Å². The fourth-order valence-corrected chi connectivity index (χ4v) is 2.57. The Labute approximate surface area is 108 Å². The molecule has 1 atom stereocenters. The Morgan fingerprint density at radius 2 is 2.44 bits per heavy atom. The molecule has 0 radical (unpaired) electrons. The first-order valence-electron chi connectivity index (χ1n) is 5.24. The van der Waals surface area contributed by atoms with Crippen LogP contribution in [0.25, 0.3) is 0 Å². The lowest BCUT2D eigenvalue weighted by Crippen LogP contribution is -2.32. The van der Waals surface area contributed by atoms with Crippen LogP contribution >= 0.6 is 27.7 Å². The summed E-state index contributed by atoms with van der Waals surface area (Å²) in [6.45, 7) is 1.91. The molecule has 1 aliphatic rings. The van der Waals surface area contributed by atoms with Crippen molar-refractivity contribution in [1.29, 1.82) is 0 Å². The first-order chi connectivity index (χ1) is 7.66. The monoisotopic (exact) mass is 300 g/mol. The van der Waals surface area contributed by atoms with Crippen LogP contribution in [-0.2, 0) is 4.79 Å². The molecule has 1 heterocycles. The summed E-state index contributed by atoms with van der Waals surface area (Å²) in [7, 11) is 0. The zero-order chi connectivity index (χ0) is 11.5. The Balaban J connectivity index is 1.92. The van der Waals surface area contributed by atoms with Gasteiger partial charge in [0.15, 0.2) is 0 Å². The maximum atomic E-state index is 11.7. The molecule has 16 heavy (non-hydrogen) atoms. The molecular formula is C11H13BrN2OS. The second kappa shape index (κ2) is 5.19. The summed E-state index contributed by atoms with van der Waals surface area (Å²) >= 11 is 4.90. The lowest BCUT2D eigenvalue weighted by molar-refractivity contribution is -0.120. The zero-order valence-electron chi connectivity index (χ0n) is 8.94. The Kier molecular flexibility index (Phi) is 3.86. The van der Waals surface area contributed by atoms with Crippen molar-refractivity contribution in [3.8, 4) is 0 Å². The minimum atomic E-state index is -0.105. The Hall–Kier alpha value is -0.550. The average molecular weight is 301 g/mol. The SMILES string of the molecule is C[C@@H](Sc1ncccc1Br)C(=O)NC1CC1. The van der Waals surface area contributed by atoms with Crippen LogP contribution < -0.4 is 5.32 Å². The van der Waals surface area contributed by atoms with Gasteiger partial charge in [0.1, 0.15) is 5.03 Å². The van der Waals surface area contributed by atoms with Gasteiger partial charge in [-0.1, -0.05) is 11.8 Å². The number of pyridine rings is 1. The topological polar surface area (TPSA) is 42.0 Å². The lowest BCUT2D eigenvalue weighted by atomic mass is 10.4. The number of aromatic nitrogens is 1. The molecule has 3 nitrogen and oxygen atoms in total. The molecule has 1 aliphatic carbocycles. The summed E-state index contributed by atoms with van der Waals surface area (Å²) in [6.07, 6.45) is 3.98. The predicted molar refractivity (Wildman–Crippen MR) is 68.4 cm³/mol. The number of carbonyl (C=O) groups is 1. The zero-order valence-corrected chi connectivity index (χ0v) is 11.3. The molecule has 0 unspecified atom stereocenters. The maximum absolute atomic E-state index is 11.7. The quantitative estimate of drug-likeness (QED) is 0.869. The Morgan fingerprint density at radius 1 is 1.69 bits per heavy atom. The summed E-state index contributed by atoms with van der Waals surface area (Å²) in [5.74, 6) is 0.102. The van der Waals surface area contributed by atoms with Crippen molar-refractivity contribution in [2.24, 2.45) is 0 Å². The van der Waals surface area contributed by atoms with Crippen molar-refractivity contribution in [2.75, 3.05) is 0 Å². The molecule has 1 saturated carbocycles. The smallest absolute Gasteiger partial charge is 0.233 e. The molecule has 0 aromatic carbocycles. The molecule has 1 N–H and O–H groups in total. The molecule has 5 heteroatoms. The number of nitrogens with zero attached hydrogens (tertiary/aromatic N) is 1. The van der Waals surface area contributed by atoms with Crippen molar-refractivity contribution >= 4 is 33.6 Å². The number of thioether (sulfide) groups is 1. The first kappa shape index (κ1) is 11.9. The van der Waals surface area contributed by atoms with Crippen LogP contribution in [0.5, 0.6) is 0 Å². The number of hydrogen-bond acceptors (Lipinski definition) is 3. The highest BCUT2D eigenvalue weighted by Gasteiger charge is 2.26. The van der Waals surface area contributed by atoms with Gasteiger partial charge in [0.25, 0.3) is 0 Å². The van der Waals surface area contributed by atoms with Gasteiger partial charge >= 0.3 is 0 Å². The highest BCUT2D eigenvalue weighted by molar-refractivity contribution is 9.10. The fourth-order valence-electron chi connectivity index (χ4n) is 1.23. The van der Waals surface area contributed by atoms with Crippen LogP contribution in [0.1, 0.15) is 19.8 Å². The van der Waals surface area contributed by atoms with Crippen LogP contribution in [0.2, 0.25) is 0 Å². The molecule has 2 rings (SSSR count). The van der Waals surface area contributed by atoms with Crippen molar-refractivity contribution < 1.29 is 4.79 Å². The summed E-state index contributed by atoms with van der Waals surface area (Å²) in [4.78, 5) is 16.0. The van der Waals surface area contributed by atoms with Gasteiger partial charge in [-0.15, -0.1) is 0 Å². The van der Waals surface area contributed by atoms with Gasteiger partial charge < -0.3 is 5.32 Å². The molecular weight excluding hydrogens is 288 g/mol. The Morgan fingerprint density at radius 3 is 3.06 bits per heavy atom. The van der Waals surface area contributed by atoms with Crippen molar-refractivity contribution in [3.05, 3.63) is 22.8 Å². The van der Waals surface area contributed by atoms with Crippen molar-refractivity contribution in [1.82, 2.24) is 10.3 Å². The van der Waals surface area contributed by atoms with Crippen LogP contribution in [0.15, 0.2) is 27.8 Å². The van der Waals surface area contributed by atoms with E-state index in [0.29, 0.717) is 6.04 Å². The normalized spacial score (nSPS) is 16.9. The molecule has 0 spiro atoms. The van der Waals surface area contributed by atoms with E-state index in [4.69, 9.17) is 0 Å². The van der Waals surface area contributed by atoms with E-state index < -0.39 is 0 Å². The number of amides is 1. The van der Waals surface area contributed by atoms with E-state index in [2.05, 4.69) is 26.2 Å². The first-order valence-corrected chi connectivity index (χ1v) is 6.91. The number of rotatable bonds is 4. The number of carbonyl (C=O) groups excluding carboxylic acids is 1. The minimum absolute atomic E-state index is 0.102. The fraction of sp³-hybridized carbons (Fsp3) is 0.455. The largest absolute Gasteiger partial charge is 0.352 e. The molecule has 0 saturated heterocycles. The summed E-state index contributed by atoms with van der Waals surface area (Å²) in [5, 5.41) is 3.75. The number of hydrogen-bond donors (Lipinski definition) is 1. The van der Waals surface area contributed by atoms with E-state index in [0.717, 1.165) is 22.3 Å². The summed E-state index contributed by atoms with van der Waals surface area (Å²) < 4.78 is 0.936. The third kappa shape index (κ3) is 3.22. The van der Waals surface area contributed by atoms with E-state index in [1.54, 1.807) is 6.20 Å². The van der Waals surface area contributed by atoms with E-state index >= 15 is 0 Å². The van der Waals surface area contributed by atoms with Crippen molar-refractivity contribution in [2.45, 2.75) is 36.1 Å². The van der Waals surface area contributed by atoms with Gasteiger partial charge in [-0.3, -0.25) is 4.79 Å². The molecule has 0 aliphatic heterocycles. The van der Waals surface area contributed by atoms with Crippen LogP contribution in [0.3, 0.4) is 0 Å². The van der Waals surface area contributed by atoms with Crippen LogP contribution in [0.4, 0.5) is 0 Å². The van der Waals surface area contributed by atoms with Crippen LogP contribution in [0, 0.1) is 0 Å². The molecule has 1 aromatic rings. The van der Waals surface area contributed by atoms with Gasteiger partial charge in [0.05, 0.1) is 5.25 Å². The van der Waals surface area contributed by atoms with Gasteiger partial charge in [-0.25, -0.2) is 4.98 Å². The highest BCUT2D eigenvalue weighted by Crippen LogP contribution is 2.29. The second-order valence-corrected chi connectivity index (χ2v) is 6.02. The highest BCUT2D eigenvalue weighted by atomic mass is 79.9. The third-order valence-corrected chi connectivity index (χ3v) is 4.32. The minimum Gasteiger partial charge on any atom is -0.352 e. The van der Waals surface area contributed by atoms with Gasteiger partial charge in [0.2, 0.25) is 5.91 Å². The second-order valence-electron chi connectivity index (χ2n) is 3.83. The van der Waals surface area contributed by atoms with Gasteiger partial charge in [0, 0.05) is 16.7 Å². The molecule has 1 fully saturated rings. The molecule has 0 bridgehead atoms. The van der Waals surface area contributed by atoms with E-state index in [1.165, 1.54) is 11.8 Å². The summed E-state index contributed by atoms with van der Waals surface area (Å²) in [5.41, 5.74) is 0. The van der Waals surface area contributed by atoms with E-state index in [-0.39, 0.29) is 11.2 Å². The van der Waals surface area contributed by atoms with E-state index in [9.17, 15) is 4.79 Å². The van der Waals surface area contributed by atoms with Gasteiger partial charge in [-0.05, 0) is 47.8 Å². The van der Waals surface area contributed by atoms with Crippen molar-refractivity contribution in [3.63, 3.8) is 0 Å². The lowest BCUT2D eigenvalue weighted by Gasteiger charge is -2.11. The number of halogens is 1. The summed E-state index contributed by atoms with van der Waals surface area (Å²) in [6, 6.07) is 4.21.